The average Bonchev–Trinajstić information content (AvgIpc) is 3.85. The Balaban J connectivity index is 0.000000774. The molecule has 0 aromatic carbocycles. The fraction of sp³-hybridized carbons (Fsp3) is 0.469. The van der Waals surface area contributed by atoms with E-state index in [9.17, 15) is 5.11 Å². The fourth-order valence-corrected chi connectivity index (χ4v) is 7.07. The SMILES string of the molecule is C#C.C#C.C/C(O)=C1/CCC(=Nc2nc(NCC3CC4(CC4)C3)nc(C)c2-c2nc3c(C4CC4)nccc3s2)C1. The van der Waals surface area contributed by atoms with E-state index < -0.39 is 0 Å². The molecular weight excluding hydrogens is 516 g/mol. The number of nitrogens with one attached hydrogen (secondary N) is 1. The largest absolute Gasteiger partial charge is 0.513 e. The summed E-state index contributed by atoms with van der Waals surface area (Å²) in [4.78, 5) is 24.6. The van der Waals surface area contributed by atoms with Gasteiger partial charge in [0.25, 0.3) is 0 Å². The Bertz CT molecular complexity index is 1500. The maximum atomic E-state index is 9.98. The van der Waals surface area contributed by atoms with Gasteiger partial charge in [-0.3, -0.25) is 4.98 Å². The van der Waals surface area contributed by atoms with Gasteiger partial charge in [0.05, 0.1) is 27.4 Å². The molecule has 2 N–H and O–H groups in total. The number of aryl methyl sites for hydroxylation is 1. The normalized spacial score (nSPS) is 21.2. The van der Waals surface area contributed by atoms with Crippen molar-refractivity contribution < 1.29 is 5.11 Å². The predicted octanol–water partition coefficient (Wildman–Crippen LogP) is 7.52. The Kier molecular flexibility index (Phi) is 7.92. The third-order valence-corrected chi connectivity index (χ3v) is 9.48. The van der Waals surface area contributed by atoms with Gasteiger partial charge in [0, 0.05) is 30.8 Å². The molecule has 0 unspecified atom stereocenters. The quantitative estimate of drug-likeness (QED) is 0.242. The van der Waals surface area contributed by atoms with Gasteiger partial charge in [0.2, 0.25) is 5.95 Å². The third kappa shape index (κ3) is 5.60. The molecule has 0 saturated heterocycles. The number of rotatable bonds is 6. The number of thiazole rings is 1. The number of aliphatic hydroxyl groups excluding tert-OH is 1. The van der Waals surface area contributed by atoms with Crippen LogP contribution >= 0.6 is 11.3 Å². The van der Waals surface area contributed by atoms with E-state index >= 15 is 0 Å². The number of anilines is 1. The van der Waals surface area contributed by atoms with Gasteiger partial charge in [-0.2, -0.15) is 4.98 Å². The molecule has 1 spiro atoms. The molecule has 3 aromatic heterocycles. The number of hydrogen-bond donors (Lipinski definition) is 2. The van der Waals surface area contributed by atoms with E-state index in [0.717, 1.165) is 68.8 Å². The van der Waals surface area contributed by atoms with Crippen molar-refractivity contribution in [3.05, 3.63) is 35.0 Å². The van der Waals surface area contributed by atoms with Crippen molar-refractivity contribution in [2.75, 3.05) is 11.9 Å². The molecule has 3 heterocycles. The van der Waals surface area contributed by atoms with Crippen LogP contribution in [0.25, 0.3) is 20.8 Å². The van der Waals surface area contributed by atoms with Gasteiger partial charge >= 0.3 is 0 Å². The summed E-state index contributed by atoms with van der Waals surface area (Å²) in [5.41, 5.74) is 6.77. The first-order valence-corrected chi connectivity index (χ1v) is 14.8. The fourth-order valence-electron chi connectivity index (χ4n) is 6.01. The van der Waals surface area contributed by atoms with Crippen LogP contribution in [0.1, 0.15) is 82.0 Å². The summed E-state index contributed by atoms with van der Waals surface area (Å²) < 4.78 is 1.16. The molecule has 7 nitrogen and oxygen atoms in total. The molecule has 206 valence electrons. The monoisotopic (exact) mass is 552 g/mol. The van der Waals surface area contributed by atoms with Gasteiger partial charge in [0.1, 0.15) is 10.5 Å². The Hall–Kier alpha value is -3.75. The smallest absolute Gasteiger partial charge is 0.224 e. The Morgan fingerprint density at radius 3 is 2.52 bits per heavy atom. The summed E-state index contributed by atoms with van der Waals surface area (Å²) >= 11 is 1.67. The van der Waals surface area contributed by atoms with Crippen LogP contribution in [-0.2, 0) is 0 Å². The molecule has 4 fully saturated rings. The van der Waals surface area contributed by atoms with Gasteiger partial charge in [0.15, 0.2) is 5.82 Å². The molecule has 0 radical (unpaired) electrons. The molecule has 0 aliphatic heterocycles. The number of terminal acetylenes is 2. The predicted molar refractivity (Wildman–Crippen MR) is 164 cm³/mol. The van der Waals surface area contributed by atoms with Crippen LogP contribution in [0.4, 0.5) is 11.8 Å². The summed E-state index contributed by atoms with van der Waals surface area (Å²) in [6, 6.07) is 2.06. The molecule has 3 aromatic rings. The van der Waals surface area contributed by atoms with Crippen LogP contribution < -0.4 is 5.32 Å². The first-order chi connectivity index (χ1) is 19.5. The van der Waals surface area contributed by atoms with Crippen LogP contribution in [0.2, 0.25) is 0 Å². The molecule has 0 bridgehead atoms. The van der Waals surface area contributed by atoms with Gasteiger partial charge < -0.3 is 10.4 Å². The summed E-state index contributed by atoms with van der Waals surface area (Å²) in [6.07, 6.45) is 28.2. The summed E-state index contributed by atoms with van der Waals surface area (Å²) in [6.45, 7) is 4.72. The highest BCUT2D eigenvalue weighted by Crippen LogP contribution is 2.63. The highest BCUT2D eigenvalue weighted by Gasteiger charge is 2.52. The van der Waals surface area contributed by atoms with E-state index in [1.807, 2.05) is 13.1 Å². The van der Waals surface area contributed by atoms with Crippen LogP contribution in [0.3, 0.4) is 0 Å². The van der Waals surface area contributed by atoms with E-state index in [1.54, 1.807) is 18.3 Å². The molecule has 4 aliphatic carbocycles. The highest BCUT2D eigenvalue weighted by atomic mass is 32.1. The van der Waals surface area contributed by atoms with Crippen molar-refractivity contribution >= 4 is 39.0 Å². The second-order valence-corrected chi connectivity index (χ2v) is 12.4. The zero-order valence-electron chi connectivity index (χ0n) is 23.3. The summed E-state index contributed by atoms with van der Waals surface area (Å²) in [5, 5.41) is 14.4. The molecule has 0 amide bonds. The maximum Gasteiger partial charge on any atom is 0.224 e. The standard InChI is InChI=1S/C28H32N6OS.2C2H2/c1-15-22(26-33-24-21(36-26)7-10-29-23(24)18-3-4-18)25(32-20-6-5-19(11-20)16(2)35)34-27(31-15)30-14-17-12-28(13-17)8-9-28;2*1-2/h7,10,17-18,35H,3-6,8-9,11-14H2,1-2H3,(H,30,31,34);2*1-2H/b19-16+,32-20?;;. The van der Waals surface area contributed by atoms with Gasteiger partial charge in [-0.15, -0.1) is 37.0 Å². The van der Waals surface area contributed by atoms with Crippen LogP contribution in [0.15, 0.2) is 28.6 Å². The van der Waals surface area contributed by atoms with E-state index in [2.05, 4.69) is 42.1 Å². The second-order valence-electron chi connectivity index (χ2n) is 11.4. The number of allylic oxidation sites excluding steroid dienone is 2. The summed E-state index contributed by atoms with van der Waals surface area (Å²) in [5.74, 6) is 3.02. The van der Waals surface area contributed by atoms with Crippen molar-refractivity contribution in [1.29, 1.82) is 0 Å². The number of pyridine rings is 1. The van der Waals surface area contributed by atoms with Crippen LogP contribution in [-0.4, -0.2) is 37.3 Å². The number of aromatic nitrogens is 4. The molecule has 4 saturated carbocycles. The first kappa shape index (κ1) is 27.8. The number of hydrogen-bond acceptors (Lipinski definition) is 8. The first-order valence-electron chi connectivity index (χ1n) is 14.0. The van der Waals surface area contributed by atoms with Gasteiger partial charge in [-0.05, 0) is 88.2 Å². The van der Waals surface area contributed by atoms with Gasteiger partial charge in [-0.25, -0.2) is 15.0 Å². The lowest BCUT2D eigenvalue weighted by Crippen LogP contribution is -2.31. The summed E-state index contributed by atoms with van der Waals surface area (Å²) in [7, 11) is 0. The topological polar surface area (TPSA) is 96.2 Å². The Morgan fingerprint density at radius 1 is 1.12 bits per heavy atom. The molecule has 8 heteroatoms. The van der Waals surface area contributed by atoms with Crippen molar-refractivity contribution in [2.45, 2.75) is 77.6 Å². The second kappa shape index (κ2) is 11.4. The number of nitrogens with zero attached hydrogens (tertiary/aromatic N) is 5. The molecular formula is C32H36N6OS. The van der Waals surface area contributed by atoms with Crippen LogP contribution in [0.5, 0.6) is 0 Å². The van der Waals surface area contributed by atoms with Crippen molar-refractivity contribution in [3.63, 3.8) is 0 Å². The lowest BCUT2D eigenvalue weighted by atomic mass is 9.72. The number of aliphatic imine (C=N–C) groups is 1. The molecule has 4 aliphatic rings. The minimum atomic E-state index is 0.418. The minimum absolute atomic E-state index is 0.418. The van der Waals surface area contributed by atoms with Crippen molar-refractivity contribution in [2.24, 2.45) is 16.3 Å². The Labute approximate surface area is 240 Å². The third-order valence-electron chi connectivity index (χ3n) is 8.44. The van der Waals surface area contributed by atoms with Crippen molar-refractivity contribution in [1.82, 2.24) is 19.9 Å². The maximum absolute atomic E-state index is 9.98. The zero-order chi connectivity index (χ0) is 28.4. The lowest BCUT2D eigenvalue weighted by molar-refractivity contribution is 0.180. The molecule has 0 atom stereocenters. The number of fused-ring (bicyclic) bond motifs is 1. The van der Waals surface area contributed by atoms with E-state index in [1.165, 1.54) is 38.5 Å². The lowest BCUT2D eigenvalue weighted by Gasteiger charge is -2.35. The van der Waals surface area contributed by atoms with Crippen LogP contribution in [0, 0.1) is 44.0 Å². The highest BCUT2D eigenvalue weighted by molar-refractivity contribution is 7.21. The van der Waals surface area contributed by atoms with Crippen molar-refractivity contribution in [3.8, 4) is 36.3 Å². The van der Waals surface area contributed by atoms with E-state index in [0.29, 0.717) is 35.3 Å². The average molecular weight is 553 g/mol. The Morgan fingerprint density at radius 2 is 1.88 bits per heavy atom. The number of aliphatic hydroxyl groups is 1. The van der Waals surface area contributed by atoms with E-state index in [4.69, 9.17) is 19.9 Å². The zero-order valence-corrected chi connectivity index (χ0v) is 24.1. The molecule has 40 heavy (non-hydrogen) atoms. The van der Waals surface area contributed by atoms with Gasteiger partial charge in [-0.1, -0.05) is 0 Å². The minimum Gasteiger partial charge on any atom is -0.513 e. The molecule has 7 rings (SSSR count). The van der Waals surface area contributed by atoms with E-state index in [-0.39, 0.29) is 0 Å².